The third-order valence-electron chi connectivity index (χ3n) is 5.95. The van der Waals surface area contributed by atoms with Gasteiger partial charge in [-0.05, 0) is 63.4 Å². The van der Waals surface area contributed by atoms with Crippen LogP contribution < -0.4 is 5.32 Å². The van der Waals surface area contributed by atoms with Gasteiger partial charge in [0.1, 0.15) is 5.82 Å². The molecule has 0 spiro atoms. The number of amides is 1. The monoisotopic (exact) mass is 422 g/mol. The second-order valence-corrected chi connectivity index (χ2v) is 8.34. The van der Waals surface area contributed by atoms with E-state index >= 15 is 0 Å². The zero-order valence-electron chi connectivity index (χ0n) is 17.8. The number of halogens is 1. The number of benzene rings is 2. The maximum absolute atomic E-state index is 13.7. The van der Waals surface area contributed by atoms with Crippen LogP contribution in [0.25, 0.3) is 11.4 Å². The molecule has 0 aliphatic heterocycles. The molecule has 162 valence electrons. The van der Waals surface area contributed by atoms with Crippen LogP contribution in [-0.4, -0.2) is 41.1 Å². The van der Waals surface area contributed by atoms with Gasteiger partial charge in [-0.1, -0.05) is 47.6 Å². The van der Waals surface area contributed by atoms with Crippen LogP contribution in [0.1, 0.15) is 48.0 Å². The van der Waals surface area contributed by atoms with E-state index in [4.69, 9.17) is 4.52 Å². The predicted molar refractivity (Wildman–Crippen MR) is 116 cm³/mol. The van der Waals surface area contributed by atoms with Crippen LogP contribution in [0.2, 0.25) is 0 Å². The van der Waals surface area contributed by atoms with E-state index in [1.54, 1.807) is 12.1 Å². The largest absolute Gasteiger partial charge is 0.345 e. The number of nitrogens with one attached hydrogen (secondary N) is 1. The number of hydrogen-bond acceptors (Lipinski definition) is 5. The summed E-state index contributed by atoms with van der Waals surface area (Å²) in [5.74, 6) is 0.232. The van der Waals surface area contributed by atoms with E-state index in [1.165, 1.54) is 6.07 Å². The molecule has 1 aromatic heterocycles. The maximum Gasteiger partial charge on any atom is 0.316 e. The van der Waals surface area contributed by atoms with Gasteiger partial charge in [0, 0.05) is 17.6 Å². The first-order chi connectivity index (χ1) is 15.0. The highest BCUT2D eigenvalue weighted by Gasteiger charge is 2.31. The molecule has 1 fully saturated rings. The standard InChI is InChI=1S/C24H27FN4O2/c1-29(2)21(18-9-6-10-19(25)15-18)16-11-13-20(14-12-16)26-23(30)24-27-22(28-31-24)17-7-4-3-5-8-17/h3-10,15-16,20-21H,11-14H2,1-2H3,(H,26,30). The fourth-order valence-corrected chi connectivity index (χ4v) is 4.53. The number of hydrogen-bond donors (Lipinski definition) is 1. The molecule has 4 rings (SSSR count). The van der Waals surface area contributed by atoms with E-state index in [1.807, 2.05) is 50.5 Å². The normalized spacial score (nSPS) is 19.9. The van der Waals surface area contributed by atoms with Gasteiger partial charge >= 0.3 is 11.8 Å². The van der Waals surface area contributed by atoms with E-state index in [9.17, 15) is 9.18 Å². The average molecular weight is 423 g/mol. The van der Waals surface area contributed by atoms with Crippen molar-refractivity contribution in [3.8, 4) is 11.4 Å². The van der Waals surface area contributed by atoms with Crippen LogP contribution in [0.5, 0.6) is 0 Å². The van der Waals surface area contributed by atoms with Crippen molar-refractivity contribution < 1.29 is 13.7 Å². The van der Waals surface area contributed by atoms with Crippen LogP contribution in [-0.2, 0) is 0 Å². The number of carbonyl (C=O) groups excluding carboxylic acids is 1. The minimum Gasteiger partial charge on any atom is -0.345 e. The van der Waals surface area contributed by atoms with Gasteiger partial charge in [-0.2, -0.15) is 4.98 Å². The average Bonchev–Trinajstić information content (AvgIpc) is 3.26. The van der Waals surface area contributed by atoms with Crippen molar-refractivity contribution in [1.82, 2.24) is 20.4 Å². The van der Waals surface area contributed by atoms with Gasteiger partial charge in [-0.3, -0.25) is 4.79 Å². The lowest BCUT2D eigenvalue weighted by atomic mass is 9.78. The summed E-state index contributed by atoms with van der Waals surface area (Å²) in [6.45, 7) is 0. The first kappa shape index (κ1) is 21.2. The molecular formula is C24H27FN4O2. The lowest BCUT2D eigenvalue weighted by molar-refractivity contribution is 0.0863. The molecule has 1 aliphatic carbocycles. The molecule has 1 amide bonds. The molecule has 0 bridgehead atoms. The molecule has 1 aliphatic rings. The summed E-state index contributed by atoms with van der Waals surface area (Å²) in [6, 6.07) is 16.5. The predicted octanol–water partition coefficient (Wildman–Crippen LogP) is 4.47. The maximum atomic E-state index is 13.7. The van der Waals surface area contributed by atoms with Gasteiger partial charge in [0.15, 0.2) is 0 Å². The van der Waals surface area contributed by atoms with Crippen LogP contribution in [0.3, 0.4) is 0 Å². The van der Waals surface area contributed by atoms with Crippen LogP contribution in [0.4, 0.5) is 4.39 Å². The van der Waals surface area contributed by atoms with Crippen molar-refractivity contribution in [2.45, 2.75) is 37.8 Å². The van der Waals surface area contributed by atoms with Crippen LogP contribution in [0, 0.1) is 11.7 Å². The van der Waals surface area contributed by atoms with E-state index < -0.39 is 0 Å². The van der Waals surface area contributed by atoms with Crippen LogP contribution in [0.15, 0.2) is 59.1 Å². The molecule has 1 N–H and O–H groups in total. The molecule has 0 saturated heterocycles. The van der Waals surface area contributed by atoms with Gasteiger partial charge in [-0.15, -0.1) is 0 Å². The first-order valence-corrected chi connectivity index (χ1v) is 10.6. The summed E-state index contributed by atoms with van der Waals surface area (Å²) in [5, 5.41) is 6.94. The molecule has 1 unspecified atom stereocenters. The smallest absolute Gasteiger partial charge is 0.316 e. The van der Waals surface area contributed by atoms with Crippen molar-refractivity contribution in [3.05, 3.63) is 71.9 Å². The van der Waals surface area contributed by atoms with Crippen molar-refractivity contribution in [1.29, 1.82) is 0 Å². The Bertz CT molecular complexity index is 1010. The Labute approximate surface area is 181 Å². The van der Waals surface area contributed by atoms with Crippen molar-refractivity contribution in [2.24, 2.45) is 5.92 Å². The Kier molecular flexibility index (Phi) is 6.42. The molecule has 2 aromatic carbocycles. The molecule has 0 radical (unpaired) electrons. The highest BCUT2D eigenvalue weighted by Crippen LogP contribution is 2.37. The molecule has 1 atom stereocenters. The molecular weight excluding hydrogens is 395 g/mol. The van der Waals surface area contributed by atoms with Gasteiger partial charge in [0.2, 0.25) is 5.82 Å². The Morgan fingerprint density at radius 1 is 1.10 bits per heavy atom. The number of nitrogens with zero attached hydrogens (tertiary/aromatic N) is 3. The molecule has 3 aromatic rings. The SMILES string of the molecule is CN(C)C(c1cccc(F)c1)C1CCC(NC(=O)c2nc(-c3ccccc3)no2)CC1. The highest BCUT2D eigenvalue weighted by atomic mass is 19.1. The summed E-state index contributed by atoms with van der Waals surface area (Å²) < 4.78 is 18.9. The minimum absolute atomic E-state index is 0.0214. The summed E-state index contributed by atoms with van der Waals surface area (Å²) in [4.78, 5) is 19.0. The Hall–Kier alpha value is -3.06. The van der Waals surface area contributed by atoms with Crippen LogP contribution >= 0.6 is 0 Å². The van der Waals surface area contributed by atoms with Gasteiger partial charge in [0.25, 0.3) is 0 Å². The lowest BCUT2D eigenvalue weighted by Crippen LogP contribution is -2.40. The zero-order chi connectivity index (χ0) is 21.8. The summed E-state index contributed by atoms with van der Waals surface area (Å²) >= 11 is 0. The fourth-order valence-electron chi connectivity index (χ4n) is 4.53. The van der Waals surface area contributed by atoms with Crippen molar-refractivity contribution in [3.63, 3.8) is 0 Å². The van der Waals surface area contributed by atoms with E-state index in [-0.39, 0.29) is 29.7 Å². The Morgan fingerprint density at radius 3 is 2.52 bits per heavy atom. The summed E-state index contributed by atoms with van der Waals surface area (Å²) in [5.41, 5.74) is 1.80. The molecule has 31 heavy (non-hydrogen) atoms. The molecule has 1 heterocycles. The van der Waals surface area contributed by atoms with E-state index in [2.05, 4.69) is 20.4 Å². The number of rotatable bonds is 6. The second kappa shape index (κ2) is 9.39. The number of carbonyl (C=O) groups is 1. The van der Waals surface area contributed by atoms with E-state index in [0.717, 1.165) is 36.8 Å². The van der Waals surface area contributed by atoms with Gasteiger partial charge in [0.05, 0.1) is 0 Å². The van der Waals surface area contributed by atoms with Crippen molar-refractivity contribution in [2.75, 3.05) is 14.1 Å². The molecule has 6 nitrogen and oxygen atoms in total. The van der Waals surface area contributed by atoms with Crippen molar-refractivity contribution >= 4 is 5.91 Å². The third kappa shape index (κ3) is 4.99. The summed E-state index contributed by atoms with van der Waals surface area (Å²) in [7, 11) is 4.06. The topological polar surface area (TPSA) is 71.3 Å². The molecule has 1 saturated carbocycles. The molecule has 7 heteroatoms. The Balaban J connectivity index is 1.35. The van der Waals surface area contributed by atoms with E-state index in [0.29, 0.717) is 11.7 Å². The first-order valence-electron chi connectivity index (χ1n) is 10.6. The Morgan fingerprint density at radius 2 is 1.84 bits per heavy atom. The highest BCUT2D eigenvalue weighted by molar-refractivity contribution is 5.90. The third-order valence-corrected chi connectivity index (χ3v) is 5.95. The fraction of sp³-hybridized carbons (Fsp3) is 0.375. The second-order valence-electron chi connectivity index (χ2n) is 8.34. The zero-order valence-corrected chi connectivity index (χ0v) is 17.8. The lowest BCUT2D eigenvalue weighted by Gasteiger charge is -2.37. The summed E-state index contributed by atoms with van der Waals surface area (Å²) in [6.07, 6.45) is 3.61. The number of aromatic nitrogens is 2. The van der Waals surface area contributed by atoms with Gasteiger partial charge < -0.3 is 14.7 Å². The quantitative estimate of drug-likeness (QED) is 0.635. The minimum atomic E-state index is -0.340. The van der Waals surface area contributed by atoms with Gasteiger partial charge in [-0.25, -0.2) is 4.39 Å².